The second-order valence-corrected chi connectivity index (χ2v) is 4.84. The van der Waals surface area contributed by atoms with E-state index in [0.717, 1.165) is 23.6 Å². The van der Waals surface area contributed by atoms with Gasteiger partial charge in [-0.15, -0.1) is 0 Å². The largest absolute Gasteiger partial charge is 0.435 e. The first kappa shape index (κ1) is 14.3. The molecule has 0 aliphatic rings. The predicted molar refractivity (Wildman–Crippen MR) is 74.0 cm³/mol. The number of hydrogen-bond acceptors (Lipinski definition) is 3. The van der Waals surface area contributed by atoms with Crippen LogP contribution < -0.4 is 10.1 Å². The van der Waals surface area contributed by atoms with Crippen LogP contribution in [0.4, 0.5) is 14.6 Å². The molecule has 0 aliphatic heterocycles. The second-order valence-electron chi connectivity index (χ2n) is 4.84. The van der Waals surface area contributed by atoms with Crippen LogP contribution in [0.2, 0.25) is 0 Å². The fourth-order valence-corrected chi connectivity index (χ4v) is 1.68. The SMILES string of the molecule is CC(C)CNc1cc(-c2ccc(OC(F)F)cc2)[nH]n1. The van der Waals surface area contributed by atoms with Gasteiger partial charge < -0.3 is 10.1 Å². The van der Waals surface area contributed by atoms with Crippen molar-refractivity contribution in [3.63, 3.8) is 0 Å². The van der Waals surface area contributed by atoms with E-state index in [1.54, 1.807) is 12.1 Å². The molecule has 0 radical (unpaired) electrons. The maximum absolute atomic E-state index is 12.1. The Morgan fingerprint density at radius 3 is 2.55 bits per heavy atom. The van der Waals surface area contributed by atoms with Crippen molar-refractivity contribution in [1.29, 1.82) is 0 Å². The van der Waals surface area contributed by atoms with E-state index in [1.807, 2.05) is 6.07 Å². The Hall–Kier alpha value is -2.11. The van der Waals surface area contributed by atoms with Crippen molar-refractivity contribution in [2.75, 3.05) is 11.9 Å². The van der Waals surface area contributed by atoms with Crippen molar-refractivity contribution in [3.8, 4) is 17.0 Å². The molecular formula is C14H17F2N3O. The lowest BCUT2D eigenvalue weighted by atomic mass is 10.1. The van der Waals surface area contributed by atoms with Gasteiger partial charge in [0.15, 0.2) is 0 Å². The topological polar surface area (TPSA) is 49.9 Å². The summed E-state index contributed by atoms with van der Waals surface area (Å²) < 4.78 is 28.4. The van der Waals surface area contributed by atoms with Gasteiger partial charge in [0.25, 0.3) is 0 Å². The van der Waals surface area contributed by atoms with Crippen LogP contribution in [0.25, 0.3) is 11.3 Å². The number of aromatic nitrogens is 2. The van der Waals surface area contributed by atoms with E-state index in [-0.39, 0.29) is 5.75 Å². The summed E-state index contributed by atoms with van der Waals surface area (Å²) in [5, 5.41) is 10.3. The quantitative estimate of drug-likeness (QED) is 0.848. The van der Waals surface area contributed by atoms with E-state index in [9.17, 15) is 8.78 Å². The van der Waals surface area contributed by atoms with Crippen molar-refractivity contribution < 1.29 is 13.5 Å². The molecule has 1 heterocycles. The number of halogens is 2. The standard InChI is InChI=1S/C14H17F2N3O/c1-9(2)8-17-13-7-12(18-19-13)10-3-5-11(6-4-10)20-14(15)16/h3-7,9,14H,8H2,1-2H3,(H2,17,18,19). The van der Waals surface area contributed by atoms with Gasteiger partial charge >= 0.3 is 6.61 Å². The monoisotopic (exact) mass is 281 g/mol. The van der Waals surface area contributed by atoms with Gasteiger partial charge in [0, 0.05) is 12.6 Å². The van der Waals surface area contributed by atoms with Crippen LogP contribution in [0.1, 0.15) is 13.8 Å². The van der Waals surface area contributed by atoms with E-state index in [1.165, 1.54) is 12.1 Å². The first-order chi connectivity index (χ1) is 9.54. The van der Waals surface area contributed by atoms with Crippen LogP contribution in [0.5, 0.6) is 5.75 Å². The highest BCUT2D eigenvalue weighted by Gasteiger charge is 2.06. The van der Waals surface area contributed by atoms with E-state index < -0.39 is 6.61 Å². The Morgan fingerprint density at radius 1 is 1.25 bits per heavy atom. The van der Waals surface area contributed by atoms with Crippen LogP contribution in [0.3, 0.4) is 0 Å². The zero-order valence-corrected chi connectivity index (χ0v) is 11.4. The fraction of sp³-hybridized carbons (Fsp3) is 0.357. The van der Waals surface area contributed by atoms with Crippen molar-refractivity contribution in [2.45, 2.75) is 20.5 Å². The molecule has 0 aliphatic carbocycles. The Bertz CT molecular complexity index is 538. The number of rotatable bonds is 6. The Labute approximate surface area is 116 Å². The Kier molecular flexibility index (Phi) is 4.55. The minimum Gasteiger partial charge on any atom is -0.435 e. The molecule has 1 aromatic carbocycles. The molecule has 0 saturated heterocycles. The number of anilines is 1. The molecule has 0 fully saturated rings. The highest BCUT2D eigenvalue weighted by Crippen LogP contribution is 2.23. The van der Waals surface area contributed by atoms with Gasteiger partial charge in [-0.1, -0.05) is 13.8 Å². The number of ether oxygens (including phenoxy) is 1. The Morgan fingerprint density at radius 2 is 1.95 bits per heavy atom. The lowest BCUT2D eigenvalue weighted by molar-refractivity contribution is -0.0498. The van der Waals surface area contributed by atoms with Gasteiger partial charge in [-0.2, -0.15) is 13.9 Å². The summed E-state index contributed by atoms with van der Waals surface area (Å²) in [5.41, 5.74) is 1.68. The number of hydrogen-bond donors (Lipinski definition) is 2. The summed E-state index contributed by atoms with van der Waals surface area (Å²) in [6.45, 7) is 2.26. The molecule has 2 rings (SSSR count). The van der Waals surface area contributed by atoms with Crippen molar-refractivity contribution in [3.05, 3.63) is 30.3 Å². The molecule has 0 unspecified atom stereocenters. The van der Waals surface area contributed by atoms with Gasteiger partial charge in [-0.05, 0) is 35.7 Å². The zero-order valence-electron chi connectivity index (χ0n) is 11.4. The lowest BCUT2D eigenvalue weighted by Crippen LogP contribution is -2.07. The molecule has 0 amide bonds. The normalized spacial score (nSPS) is 11.1. The van der Waals surface area contributed by atoms with Gasteiger partial charge in [-0.3, -0.25) is 5.10 Å². The van der Waals surface area contributed by atoms with E-state index in [4.69, 9.17) is 0 Å². The molecule has 0 saturated carbocycles. The number of aromatic amines is 1. The molecule has 1 aromatic heterocycles. The summed E-state index contributed by atoms with van der Waals surface area (Å²) in [6.07, 6.45) is 0. The third-order valence-corrected chi connectivity index (χ3v) is 2.66. The maximum atomic E-state index is 12.1. The van der Waals surface area contributed by atoms with Crippen LogP contribution in [0, 0.1) is 5.92 Å². The summed E-state index contributed by atoms with van der Waals surface area (Å²) in [5.74, 6) is 1.43. The average molecular weight is 281 g/mol. The van der Waals surface area contributed by atoms with Crippen molar-refractivity contribution in [1.82, 2.24) is 10.2 Å². The van der Waals surface area contributed by atoms with Gasteiger partial charge in [0.1, 0.15) is 11.6 Å². The molecule has 6 heteroatoms. The maximum Gasteiger partial charge on any atom is 0.387 e. The summed E-state index contributed by atoms with van der Waals surface area (Å²) in [4.78, 5) is 0. The molecular weight excluding hydrogens is 264 g/mol. The smallest absolute Gasteiger partial charge is 0.387 e. The summed E-state index contributed by atoms with van der Waals surface area (Å²) in [6, 6.07) is 8.30. The summed E-state index contributed by atoms with van der Waals surface area (Å²) in [7, 11) is 0. The van der Waals surface area contributed by atoms with E-state index in [0.29, 0.717) is 5.92 Å². The molecule has 2 N–H and O–H groups in total. The van der Waals surface area contributed by atoms with Gasteiger partial charge in [0.05, 0.1) is 5.69 Å². The minimum atomic E-state index is -2.81. The predicted octanol–water partition coefficient (Wildman–Crippen LogP) is 3.75. The van der Waals surface area contributed by atoms with Crippen LogP contribution >= 0.6 is 0 Å². The number of nitrogens with one attached hydrogen (secondary N) is 2. The number of benzene rings is 1. The average Bonchev–Trinajstić information content (AvgIpc) is 2.85. The molecule has 2 aromatic rings. The second kappa shape index (κ2) is 6.36. The molecule has 4 nitrogen and oxygen atoms in total. The first-order valence-corrected chi connectivity index (χ1v) is 6.39. The van der Waals surface area contributed by atoms with Gasteiger partial charge in [0.2, 0.25) is 0 Å². The highest BCUT2D eigenvalue weighted by atomic mass is 19.3. The molecule has 108 valence electrons. The molecule has 0 atom stereocenters. The fourth-order valence-electron chi connectivity index (χ4n) is 1.68. The number of H-pyrrole nitrogens is 1. The minimum absolute atomic E-state index is 0.140. The molecule has 0 bridgehead atoms. The third-order valence-electron chi connectivity index (χ3n) is 2.66. The Balaban J connectivity index is 2.04. The molecule has 0 spiro atoms. The van der Waals surface area contributed by atoms with Crippen molar-refractivity contribution >= 4 is 5.82 Å². The van der Waals surface area contributed by atoms with Gasteiger partial charge in [-0.25, -0.2) is 0 Å². The van der Waals surface area contributed by atoms with E-state index in [2.05, 4.69) is 34.1 Å². The number of alkyl halides is 2. The highest BCUT2D eigenvalue weighted by molar-refractivity contribution is 5.63. The number of nitrogens with zero attached hydrogens (tertiary/aromatic N) is 1. The lowest BCUT2D eigenvalue weighted by Gasteiger charge is -2.05. The van der Waals surface area contributed by atoms with Crippen LogP contribution in [0.15, 0.2) is 30.3 Å². The first-order valence-electron chi connectivity index (χ1n) is 6.39. The molecule has 20 heavy (non-hydrogen) atoms. The van der Waals surface area contributed by atoms with Crippen LogP contribution in [-0.4, -0.2) is 23.4 Å². The van der Waals surface area contributed by atoms with Crippen LogP contribution in [-0.2, 0) is 0 Å². The zero-order chi connectivity index (χ0) is 14.5. The van der Waals surface area contributed by atoms with Crippen molar-refractivity contribution in [2.24, 2.45) is 5.92 Å². The van der Waals surface area contributed by atoms with E-state index >= 15 is 0 Å². The summed E-state index contributed by atoms with van der Waals surface area (Å²) >= 11 is 0. The third kappa shape index (κ3) is 3.94.